The first-order valence-corrected chi connectivity index (χ1v) is 5.96. The Balaban J connectivity index is 2.43. The summed E-state index contributed by atoms with van der Waals surface area (Å²) in [5.41, 5.74) is 0. The number of hydrogen-bond donors (Lipinski definition) is 0. The summed E-state index contributed by atoms with van der Waals surface area (Å²) in [5, 5.41) is -0.185. The lowest BCUT2D eigenvalue weighted by atomic mass is 9.96. The fraction of sp³-hybridized carbons (Fsp3) is 1.00. The van der Waals surface area contributed by atoms with Crippen LogP contribution >= 0.6 is 27.7 Å². The number of rotatable bonds is 2. The van der Waals surface area contributed by atoms with E-state index in [9.17, 15) is 8.78 Å². The maximum absolute atomic E-state index is 13.0. The molecule has 0 spiro atoms. The maximum Gasteiger partial charge on any atom is 0.260 e. The van der Waals surface area contributed by atoms with Crippen molar-refractivity contribution in [2.75, 3.05) is 16.8 Å². The van der Waals surface area contributed by atoms with Crippen LogP contribution in [-0.2, 0) is 0 Å². The molecule has 11 heavy (non-hydrogen) atoms. The first-order chi connectivity index (χ1) is 5.17. The van der Waals surface area contributed by atoms with Crippen molar-refractivity contribution in [1.29, 1.82) is 0 Å². The Morgan fingerprint density at radius 1 is 1.36 bits per heavy atom. The third-order valence-electron chi connectivity index (χ3n) is 2.00. The van der Waals surface area contributed by atoms with Crippen molar-refractivity contribution in [2.24, 2.45) is 5.92 Å². The van der Waals surface area contributed by atoms with E-state index in [-0.39, 0.29) is 11.2 Å². The van der Waals surface area contributed by atoms with Gasteiger partial charge in [-0.15, -0.1) is 0 Å². The van der Waals surface area contributed by atoms with Gasteiger partial charge >= 0.3 is 0 Å². The average molecular weight is 245 g/mol. The van der Waals surface area contributed by atoms with Crippen LogP contribution in [0, 0.1) is 5.92 Å². The van der Waals surface area contributed by atoms with Gasteiger partial charge in [0, 0.05) is 5.92 Å². The summed E-state index contributed by atoms with van der Waals surface area (Å²) in [5.74, 6) is -1.08. The summed E-state index contributed by atoms with van der Waals surface area (Å²) >= 11 is 4.63. The third-order valence-corrected chi connectivity index (χ3v) is 3.79. The molecule has 1 saturated heterocycles. The summed E-state index contributed by atoms with van der Waals surface area (Å²) in [6, 6.07) is 0. The summed E-state index contributed by atoms with van der Waals surface area (Å²) in [7, 11) is 0. The van der Waals surface area contributed by atoms with Crippen molar-refractivity contribution in [3.8, 4) is 0 Å². The zero-order chi connectivity index (χ0) is 8.32. The van der Waals surface area contributed by atoms with Crippen LogP contribution in [0.1, 0.15) is 12.8 Å². The molecule has 1 heterocycles. The predicted molar refractivity (Wildman–Crippen MR) is 48.8 cm³/mol. The SMILES string of the molecule is FC(F)(CBr)C1CCSCC1. The average Bonchev–Trinajstić information content (AvgIpc) is 2.06. The summed E-state index contributed by atoms with van der Waals surface area (Å²) in [6.07, 6.45) is 1.34. The maximum atomic E-state index is 13.0. The zero-order valence-corrected chi connectivity index (χ0v) is 8.56. The van der Waals surface area contributed by atoms with Gasteiger partial charge in [-0.05, 0) is 24.3 Å². The van der Waals surface area contributed by atoms with Crippen molar-refractivity contribution < 1.29 is 8.78 Å². The van der Waals surface area contributed by atoms with Crippen LogP contribution in [0.5, 0.6) is 0 Å². The van der Waals surface area contributed by atoms with E-state index in [0.717, 1.165) is 11.5 Å². The molecule has 0 bridgehead atoms. The van der Waals surface area contributed by atoms with Crippen LogP contribution in [-0.4, -0.2) is 22.8 Å². The van der Waals surface area contributed by atoms with Gasteiger partial charge in [0.25, 0.3) is 5.92 Å². The molecule has 0 aromatic heterocycles. The highest BCUT2D eigenvalue weighted by Crippen LogP contribution is 2.36. The Bertz CT molecular complexity index is 124. The summed E-state index contributed by atoms with van der Waals surface area (Å²) < 4.78 is 26.0. The largest absolute Gasteiger partial charge is 0.260 e. The van der Waals surface area contributed by atoms with E-state index in [4.69, 9.17) is 0 Å². The van der Waals surface area contributed by atoms with Gasteiger partial charge in [0.15, 0.2) is 0 Å². The van der Waals surface area contributed by atoms with Crippen molar-refractivity contribution in [2.45, 2.75) is 18.8 Å². The minimum atomic E-state index is -2.49. The third kappa shape index (κ3) is 2.58. The number of hydrogen-bond acceptors (Lipinski definition) is 1. The van der Waals surface area contributed by atoms with Crippen molar-refractivity contribution in [3.63, 3.8) is 0 Å². The quantitative estimate of drug-likeness (QED) is 0.673. The molecule has 0 saturated carbocycles. The Morgan fingerprint density at radius 3 is 2.36 bits per heavy atom. The molecule has 0 aliphatic carbocycles. The highest BCUT2D eigenvalue weighted by Gasteiger charge is 2.38. The minimum Gasteiger partial charge on any atom is -0.206 e. The monoisotopic (exact) mass is 244 g/mol. The van der Waals surface area contributed by atoms with Crippen LogP contribution in [0.4, 0.5) is 8.78 Å². The van der Waals surface area contributed by atoms with Gasteiger partial charge in [-0.3, -0.25) is 0 Å². The second-order valence-corrected chi connectivity index (χ2v) is 4.57. The van der Waals surface area contributed by atoms with Gasteiger partial charge in [-0.2, -0.15) is 11.8 Å². The van der Waals surface area contributed by atoms with Gasteiger partial charge in [-0.25, -0.2) is 8.78 Å². The van der Waals surface area contributed by atoms with E-state index < -0.39 is 5.92 Å². The molecule has 1 fully saturated rings. The molecular weight excluding hydrogens is 234 g/mol. The molecule has 0 amide bonds. The molecule has 4 heteroatoms. The lowest BCUT2D eigenvalue weighted by Crippen LogP contribution is -2.32. The highest BCUT2D eigenvalue weighted by atomic mass is 79.9. The minimum absolute atomic E-state index is 0.185. The second-order valence-electron chi connectivity index (χ2n) is 2.78. The summed E-state index contributed by atoms with van der Waals surface area (Å²) in [4.78, 5) is 0. The van der Waals surface area contributed by atoms with Crippen LogP contribution in [0.3, 0.4) is 0 Å². The normalized spacial score (nSPS) is 22.1. The Morgan fingerprint density at radius 2 is 1.91 bits per heavy atom. The lowest BCUT2D eigenvalue weighted by molar-refractivity contribution is -0.0363. The molecule has 1 rings (SSSR count). The molecule has 0 unspecified atom stereocenters. The fourth-order valence-electron chi connectivity index (χ4n) is 1.23. The van der Waals surface area contributed by atoms with Crippen LogP contribution < -0.4 is 0 Å². The first-order valence-electron chi connectivity index (χ1n) is 3.68. The van der Waals surface area contributed by atoms with Crippen LogP contribution in [0.2, 0.25) is 0 Å². The van der Waals surface area contributed by atoms with Gasteiger partial charge in [-0.1, -0.05) is 15.9 Å². The van der Waals surface area contributed by atoms with Crippen LogP contribution in [0.15, 0.2) is 0 Å². The van der Waals surface area contributed by atoms with Crippen molar-refractivity contribution >= 4 is 27.7 Å². The van der Waals surface area contributed by atoms with E-state index in [2.05, 4.69) is 15.9 Å². The molecular formula is C7H11BrF2S. The van der Waals surface area contributed by atoms with Gasteiger partial charge in [0.2, 0.25) is 0 Å². The first kappa shape index (κ1) is 9.78. The molecule has 1 aliphatic heterocycles. The predicted octanol–water partition coefficient (Wildman–Crippen LogP) is 3.16. The Labute approximate surface area is 78.2 Å². The summed E-state index contributed by atoms with van der Waals surface area (Å²) in [6.45, 7) is 0. The Hall–Kier alpha value is 0.690. The van der Waals surface area contributed by atoms with E-state index in [1.165, 1.54) is 0 Å². The molecule has 0 atom stereocenters. The van der Waals surface area contributed by atoms with Crippen LogP contribution in [0.25, 0.3) is 0 Å². The molecule has 66 valence electrons. The molecule has 0 aromatic rings. The van der Waals surface area contributed by atoms with E-state index in [1.54, 1.807) is 11.8 Å². The highest BCUT2D eigenvalue weighted by molar-refractivity contribution is 9.09. The molecule has 1 aliphatic rings. The van der Waals surface area contributed by atoms with Gasteiger partial charge in [0.1, 0.15) is 0 Å². The Kier molecular flexibility index (Phi) is 3.62. The standard InChI is InChI=1S/C7H11BrF2S/c8-5-7(9,10)6-1-3-11-4-2-6/h6H,1-5H2. The van der Waals surface area contributed by atoms with E-state index in [0.29, 0.717) is 12.8 Å². The smallest absolute Gasteiger partial charge is 0.206 e. The van der Waals surface area contributed by atoms with E-state index >= 15 is 0 Å². The zero-order valence-electron chi connectivity index (χ0n) is 6.16. The number of alkyl halides is 3. The van der Waals surface area contributed by atoms with Crippen molar-refractivity contribution in [1.82, 2.24) is 0 Å². The molecule has 0 aromatic carbocycles. The number of thioether (sulfide) groups is 1. The molecule has 0 nitrogen and oxygen atoms in total. The molecule has 0 radical (unpaired) electrons. The van der Waals surface area contributed by atoms with Crippen molar-refractivity contribution in [3.05, 3.63) is 0 Å². The van der Waals surface area contributed by atoms with E-state index in [1.807, 2.05) is 0 Å². The topological polar surface area (TPSA) is 0 Å². The number of halogens is 3. The van der Waals surface area contributed by atoms with Gasteiger partial charge in [0.05, 0.1) is 5.33 Å². The second kappa shape index (κ2) is 4.08. The molecule has 0 N–H and O–H groups in total. The lowest BCUT2D eigenvalue weighted by Gasteiger charge is -2.28. The van der Waals surface area contributed by atoms with Gasteiger partial charge < -0.3 is 0 Å². The fourth-order valence-corrected chi connectivity index (χ4v) is 2.79.